The predicted octanol–water partition coefficient (Wildman–Crippen LogP) is 0.0172. The van der Waals surface area contributed by atoms with Gasteiger partial charge in [0.1, 0.15) is 0 Å². The highest BCUT2D eigenvalue weighted by Gasteiger charge is 2.46. The standard InChI is InChI=1S/C11H20N2O2/c1-10(3-2-6-12-7-10)9(15)13-11(8-14)4-5-11/h12,14H,2-8H2,1H3,(H,13,15). The van der Waals surface area contributed by atoms with Gasteiger partial charge in [0.05, 0.1) is 17.6 Å². The highest BCUT2D eigenvalue weighted by atomic mass is 16.3. The summed E-state index contributed by atoms with van der Waals surface area (Å²) >= 11 is 0. The third kappa shape index (κ3) is 2.16. The summed E-state index contributed by atoms with van der Waals surface area (Å²) in [6.45, 7) is 3.83. The second-order valence-corrected chi connectivity index (χ2v) is 5.23. The van der Waals surface area contributed by atoms with Crippen molar-refractivity contribution in [1.82, 2.24) is 10.6 Å². The van der Waals surface area contributed by atoms with Crippen LogP contribution in [0.25, 0.3) is 0 Å². The van der Waals surface area contributed by atoms with E-state index in [2.05, 4.69) is 10.6 Å². The van der Waals surface area contributed by atoms with Crippen LogP contribution in [0.5, 0.6) is 0 Å². The van der Waals surface area contributed by atoms with Crippen molar-refractivity contribution >= 4 is 5.91 Å². The summed E-state index contributed by atoms with van der Waals surface area (Å²) in [4.78, 5) is 12.1. The van der Waals surface area contributed by atoms with E-state index < -0.39 is 0 Å². The summed E-state index contributed by atoms with van der Waals surface area (Å²) in [5.74, 6) is 0.0984. The number of amides is 1. The van der Waals surface area contributed by atoms with Crippen LogP contribution in [0.1, 0.15) is 32.6 Å². The minimum Gasteiger partial charge on any atom is -0.394 e. The number of rotatable bonds is 3. The average Bonchev–Trinajstić information content (AvgIpc) is 3.00. The first-order chi connectivity index (χ1) is 7.10. The molecule has 0 spiro atoms. The summed E-state index contributed by atoms with van der Waals surface area (Å²) in [5.41, 5.74) is -0.569. The molecule has 1 saturated heterocycles. The lowest BCUT2D eigenvalue weighted by atomic mass is 9.81. The van der Waals surface area contributed by atoms with Crippen LogP contribution >= 0.6 is 0 Å². The number of aliphatic hydroxyl groups is 1. The molecule has 0 aromatic carbocycles. The second-order valence-electron chi connectivity index (χ2n) is 5.23. The molecule has 86 valence electrons. The van der Waals surface area contributed by atoms with Crippen LogP contribution < -0.4 is 10.6 Å². The maximum atomic E-state index is 12.1. The number of carbonyl (C=O) groups is 1. The predicted molar refractivity (Wildman–Crippen MR) is 57.4 cm³/mol. The second kappa shape index (κ2) is 3.76. The van der Waals surface area contributed by atoms with Crippen LogP contribution in [0.3, 0.4) is 0 Å². The van der Waals surface area contributed by atoms with Crippen LogP contribution in [0.4, 0.5) is 0 Å². The van der Waals surface area contributed by atoms with Gasteiger partial charge in [0.2, 0.25) is 5.91 Å². The Morgan fingerprint density at radius 3 is 2.67 bits per heavy atom. The van der Waals surface area contributed by atoms with Crippen LogP contribution in [-0.2, 0) is 4.79 Å². The first-order valence-corrected chi connectivity index (χ1v) is 5.75. The number of hydrogen-bond acceptors (Lipinski definition) is 3. The van der Waals surface area contributed by atoms with E-state index in [4.69, 9.17) is 5.11 Å². The van der Waals surface area contributed by atoms with Crippen molar-refractivity contribution in [3.8, 4) is 0 Å². The molecular weight excluding hydrogens is 192 g/mol. The number of nitrogens with one attached hydrogen (secondary N) is 2. The first kappa shape index (κ1) is 10.9. The van der Waals surface area contributed by atoms with Crippen LogP contribution in [-0.4, -0.2) is 36.2 Å². The van der Waals surface area contributed by atoms with E-state index in [1.54, 1.807) is 0 Å². The van der Waals surface area contributed by atoms with Gasteiger partial charge in [0, 0.05) is 6.54 Å². The Kier molecular flexibility index (Phi) is 2.73. The van der Waals surface area contributed by atoms with Gasteiger partial charge in [-0.15, -0.1) is 0 Å². The molecule has 1 saturated carbocycles. The third-order valence-electron chi connectivity index (χ3n) is 3.68. The van der Waals surface area contributed by atoms with Gasteiger partial charge >= 0.3 is 0 Å². The van der Waals surface area contributed by atoms with Gasteiger partial charge in [0.15, 0.2) is 0 Å². The zero-order valence-corrected chi connectivity index (χ0v) is 9.31. The smallest absolute Gasteiger partial charge is 0.227 e. The summed E-state index contributed by atoms with van der Waals surface area (Å²) < 4.78 is 0. The molecule has 1 amide bonds. The molecule has 4 nitrogen and oxygen atoms in total. The molecule has 0 radical (unpaired) electrons. The zero-order valence-electron chi connectivity index (χ0n) is 9.31. The van der Waals surface area contributed by atoms with Crippen LogP contribution in [0.2, 0.25) is 0 Å². The van der Waals surface area contributed by atoms with Crippen molar-refractivity contribution in [2.45, 2.75) is 38.1 Å². The van der Waals surface area contributed by atoms with Gasteiger partial charge < -0.3 is 15.7 Å². The fourth-order valence-electron chi connectivity index (χ4n) is 2.12. The van der Waals surface area contributed by atoms with Crippen molar-refractivity contribution < 1.29 is 9.90 Å². The van der Waals surface area contributed by atoms with E-state index in [1.165, 1.54) is 0 Å². The molecule has 0 aromatic heterocycles. The lowest BCUT2D eigenvalue weighted by molar-refractivity contribution is -0.132. The van der Waals surface area contributed by atoms with Gasteiger partial charge in [0.25, 0.3) is 0 Å². The molecule has 2 rings (SSSR count). The lowest BCUT2D eigenvalue weighted by Crippen LogP contribution is -2.52. The quantitative estimate of drug-likeness (QED) is 0.618. The minimum absolute atomic E-state index is 0.0717. The van der Waals surface area contributed by atoms with Crippen LogP contribution in [0.15, 0.2) is 0 Å². The molecule has 2 fully saturated rings. The highest BCUT2D eigenvalue weighted by Crippen LogP contribution is 2.36. The lowest BCUT2D eigenvalue weighted by Gasteiger charge is -2.34. The molecule has 3 N–H and O–H groups in total. The summed E-state index contributed by atoms with van der Waals surface area (Å²) in [5, 5.41) is 15.4. The molecule has 1 aliphatic carbocycles. The Bertz CT molecular complexity index is 255. The number of aliphatic hydroxyl groups excluding tert-OH is 1. The maximum absolute atomic E-state index is 12.1. The van der Waals surface area contributed by atoms with Gasteiger partial charge in [-0.25, -0.2) is 0 Å². The fourth-order valence-corrected chi connectivity index (χ4v) is 2.12. The summed E-state index contributed by atoms with van der Waals surface area (Å²) in [7, 11) is 0. The van der Waals surface area contributed by atoms with E-state index in [9.17, 15) is 4.79 Å². The molecule has 1 aliphatic heterocycles. The summed E-state index contributed by atoms with van der Waals surface area (Å²) in [6, 6.07) is 0. The number of piperidine rings is 1. The molecule has 0 aromatic rings. The van der Waals surface area contributed by atoms with Gasteiger partial charge in [-0.05, 0) is 39.2 Å². The Labute approximate surface area is 90.4 Å². The van der Waals surface area contributed by atoms with Crippen LogP contribution in [0, 0.1) is 5.41 Å². The van der Waals surface area contributed by atoms with E-state index in [1.807, 2.05) is 6.92 Å². The Balaban J connectivity index is 1.94. The van der Waals surface area contributed by atoms with Crippen molar-refractivity contribution in [2.24, 2.45) is 5.41 Å². The molecule has 1 unspecified atom stereocenters. The molecule has 15 heavy (non-hydrogen) atoms. The SMILES string of the molecule is CC1(C(=O)NC2(CO)CC2)CCCNC1. The molecule has 1 heterocycles. The van der Waals surface area contributed by atoms with Crippen molar-refractivity contribution in [3.05, 3.63) is 0 Å². The molecule has 2 aliphatic rings. The van der Waals surface area contributed by atoms with E-state index in [0.717, 1.165) is 38.8 Å². The fraction of sp³-hybridized carbons (Fsp3) is 0.909. The normalized spacial score (nSPS) is 33.5. The Hall–Kier alpha value is -0.610. The largest absolute Gasteiger partial charge is 0.394 e. The third-order valence-corrected chi connectivity index (χ3v) is 3.68. The molecule has 4 heteroatoms. The highest BCUT2D eigenvalue weighted by molar-refractivity contribution is 5.83. The molecular formula is C11H20N2O2. The number of hydrogen-bond donors (Lipinski definition) is 3. The van der Waals surface area contributed by atoms with Gasteiger partial charge in [-0.3, -0.25) is 4.79 Å². The zero-order chi connectivity index (χ0) is 10.9. The van der Waals surface area contributed by atoms with E-state index >= 15 is 0 Å². The van der Waals surface area contributed by atoms with Gasteiger partial charge in [-0.2, -0.15) is 0 Å². The van der Waals surface area contributed by atoms with Crippen molar-refractivity contribution in [3.63, 3.8) is 0 Å². The Morgan fingerprint density at radius 2 is 2.20 bits per heavy atom. The van der Waals surface area contributed by atoms with E-state index in [0.29, 0.717) is 0 Å². The monoisotopic (exact) mass is 212 g/mol. The summed E-state index contributed by atoms with van der Waals surface area (Å²) in [6.07, 6.45) is 3.82. The molecule has 1 atom stereocenters. The topological polar surface area (TPSA) is 61.4 Å². The first-order valence-electron chi connectivity index (χ1n) is 5.75. The minimum atomic E-state index is -0.289. The molecule has 0 bridgehead atoms. The van der Waals surface area contributed by atoms with Crippen molar-refractivity contribution in [1.29, 1.82) is 0 Å². The van der Waals surface area contributed by atoms with E-state index in [-0.39, 0.29) is 23.5 Å². The van der Waals surface area contributed by atoms with Crippen molar-refractivity contribution in [2.75, 3.05) is 19.7 Å². The average molecular weight is 212 g/mol. The van der Waals surface area contributed by atoms with Gasteiger partial charge in [-0.1, -0.05) is 0 Å². The number of carbonyl (C=O) groups excluding carboxylic acids is 1. The Morgan fingerprint density at radius 1 is 1.47 bits per heavy atom. The maximum Gasteiger partial charge on any atom is 0.227 e.